The van der Waals surface area contributed by atoms with Gasteiger partial charge in [0, 0.05) is 10.4 Å². The monoisotopic (exact) mass is 309 g/mol. The highest BCUT2D eigenvalue weighted by molar-refractivity contribution is 6.30. The predicted octanol–water partition coefficient (Wildman–Crippen LogP) is 3.32. The highest BCUT2D eigenvalue weighted by atomic mass is 35.5. The lowest BCUT2D eigenvalue weighted by atomic mass is 9.66. The van der Waals surface area contributed by atoms with E-state index in [1.165, 1.54) is 0 Å². The Morgan fingerprint density at radius 3 is 2.33 bits per heavy atom. The van der Waals surface area contributed by atoms with Crippen molar-refractivity contribution in [1.82, 2.24) is 0 Å². The number of carboxylic acids is 1. The molecule has 21 heavy (non-hydrogen) atoms. The second-order valence-corrected chi connectivity index (χ2v) is 6.19. The third-order valence-corrected chi connectivity index (χ3v) is 4.38. The SMILES string of the molecule is C=N[C@H](C(=O)O)C1(c2ccc(Cl)cc2)CC(C)O[C@@H](C)C1. The molecule has 0 bridgehead atoms. The number of hydrogen-bond donors (Lipinski definition) is 1. The molecule has 1 aromatic rings. The van der Waals surface area contributed by atoms with Gasteiger partial charge in [0.15, 0.2) is 6.04 Å². The number of carbonyl (C=O) groups is 1. The van der Waals surface area contributed by atoms with E-state index in [0.717, 1.165) is 5.56 Å². The van der Waals surface area contributed by atoms with Gasteiger partial charge in [-0.1, -0.05) is 23.7 Å². The Morgan fingerprint density at radius 2 is 1.90 bits per heavy atom. The molecule has 1 aliphatic heterocycles. The average molecular weight is 310 g/mol. The van der Waals surface area contributed by atoms with Gasteiger partial charge in [0.05, 0.1) is 12.2 Å². The minimum atomic E-state index is -0.957. The van der Waals surface area contributed by atoms with Crippen LogP contribution in [-0.2, 0) is 14.9 Å². The zero-order valence-corrected chi connectivity index (χ0v) is 13.0. The zero-order valence-electron chi connectivity index (χ0n) is 12.3. The van der Waals surface area contributed by atoms with Crippen molar-refractivity contribution in [3.8, 4) is 0 Å². The van der Waals surface area contributed by atoms with Crippen molar-refractivity contribution in [3.63, 3.8) is 0 Å². The lowest BCUT2D eigenvalue weighted by Crippen LogP contribution is -2.51. The van der Waals surface area contributed by atoms with Crippen LogP contribution >= 0.6 is 11.6 Å². The summed E-state index contributed by atoms with van der Waals surface area (Å²) in [6.45, 7) is 7.42. The summed E-state index contributed by atoms with van der Waals surface area (Å²) < 4.78 is 5.78. The fourth-order valence-electron chi connectivity index (χ4n) is 3.49. The summed E-state index contributed by atoms with van der Waals surface area (Å²) in [5.74, 6) is -0.957. The lowest BCUT2D eigenvalue weighted by Gasteiger charge is -2.45. The highest BCUT2D eigenvalue weighted by Gasteiger charge is 2.49. The summed E-state index contributed by atoms with van der Waals surface area (Å²) in [6.07, 6.45) is 1.12. The molecule has 0 amide bonds. The van der Waals surface area contributed by atoms with Crippen molar-refractivity contribution in [2.45, 2.75) is 50.4 Å². The van der Waals surface area contributed by atoms with E-state index in [-0.39, 0.29) is 12.2 Å². The van der Waals surface area contributed by atoms with Crippen LogP contribution in [0.1, 0.15) is 32.3 Å². The first kappa shape index (κ1) is 16.0. The summed E-state index contributed by atoms with van der Waals surface area (Å²) in [6, 6.07) is 6.44. The first-order valence-electron chi connectivity index (χ1n) is 6.99. The van der Waals surface area contributed by atoms with Crippen LogP contribution < -0.4 is 0 Å². The van der Waals surface area contributed by atoms with Crippen molar-refractivity contribution in [2.24, 2.45) is 4.99 Å². The Bertz CT molecular complexity index is 519. The van der Waals surface area contributed by atoms with Crippen LogP contribution in [-0.4, -0.2) is 36.0 Å². The van der Waals surface area contributed by atoms with Crippen LogP contribution in [0.3, 0.4) is 0 Å². The normalized spacial score (nSPS) is 30.6. The number of ether oxygens (including phenoxy) is 1. The summed E-state index contributed by atoms with van der Waals surface area (Å²) in [4.78, 5) is 15.6. The number of rotatable bonds is 4. The number of aliphatic carboxylic acids is 1. The minimum absolute atomic E-state index is 0.0342. The van der Waals surface area contributed by atoms with Crippen LogP contribution in [0.5, 0.6) is 0 Å². The molecular formula is C16H20ClNO3. The highest BCUT2D eigenvalue weighted by Crippen LogP contribution is 2.44. The fourth-order valence-corrected chi connectivity index (χ4v) is 3.62. The van der Waals surface area contributed by atoms with E-state index < -0.39 is 17.4 Å². The molecule has 0 aromatic heterocycles. The first-order valence-corrected chi connectivity index (χ1v) is 7.37. The zero-order chi connectivity index (χ0) is 15.6. The number of benzene rings is 1. The van der Waals surface area contributed by atoms with Crippen LogP contribution in [0.2, 0.25) is 5.02 Å². The van der Waals surface area contributed by atoms with E-state index >= 15 is 0 Å². The van der Waals surface area contributed by atoms with Crippen LogP contribution in [0.4, 0.5) is 0 Å². The minimum Gasteiger partial charge on any atom is -0.480 e. The van der Waals surface area contributed by atoms with Gasteiger partial charge in [-0.3, -0.25) is 4.99 Å². The van der Waals surface area contributed by atoms with E-state index in [1.807, 2.05) is 26.0 Å². The number of carboxylic acid groups (broad SMARTS) is 1. The maximum atomic E-state index is 11.7. The summed E-state index contributed by atoms with van der Waals surface area (Å²) >= 11 is 5.95. The molecule has 1 fully saturated rings. The molecule has 5 heteroatoms. The standard InChI is InChI=1S/C16H20ClNO3/c1-10-8-16(9-11(2)21-10,14(18-3)15(19)20)12-4-6-13(17)7-5-12/h4-7,10-11,14H,3,8-9H2,1-2H3,(H,19,20)/t10-,11?,14+,16?/m0/s1. The van der Waals surface area contributed by atoms with Crippen LogP contribution in [0, 0.1) is 0 Å². The quantitative estimate of drug-likeness (QED) is 0.868. The van der Waals surface area contributed by atoms with E-state index in [9.17, 15) is 9.90 Å². The van der Waals surface area contributed by atoms with Gasteiger partial charge in [0.1, 0.15) is 0 Å². The molecular weight excluding hydrogens is 290 g/mol. The fraction of sp³-hybridized carbons (Fsp3) is 0.500. The number of nitrogens with zero attached hydrogens (tertiary/aromatic N) is 1. The number of hydrogen-bond acceptors (Lipinski definition) is 3. The topological polar surface area (TPSA) is 58.9 Å². The van der Waals surface area contributed by atoms with Gasteiger partial charge in [-0.15, -0.1) is 0 Å². The number of aliphatic imine (C=N–C) groups is 1. The second kappa shape index (κ2) is 6.16. The van der Waals surface area contributed by atoms with E-state index in [0.29, 0.717) is 17.9 Å². The van der Waals surface area contributed by atoms with Gasteiger partial charge in [0.25, 0.3) is 0 Å². The molecule has 0 saturated carbocycles. The molecule has 1 saturated heterocycles. The maximum absolute atomic E-state index is 11.7. The molecule has 4 nitrogen and oxygen atoms in total. The van der Waals surface area contributed by atoms with Crippen molar-refractivity contribution in [2.75, 3.05) is 0 Å². The molecule has 1 heterocycles. The third-order valence-electron chi connectivity index (χ3n) is 4.13. The average Bonchev–Trinajstić information content (AvgIpc) is 2.38. The summed E-state index contributed by atoms with van der Waals surface area (Å²) in [5.41, 5.74) is 0.309. The molecule has 1 aromatic carbocycles. The molecule has 0 aliphatic carbocycles. The summed E-state index contributed by atoms with van der Waals surface area (Å²) in [7, 11) is 0. The molecule has 2 rings (SSSR count). The van der Waals surface area contributed by atoms with Crippen LogP contribution in [0.25, 0.3) is 0 Å². The maximum Gasteiger partial charge on any atom is 0.329 e. The van der Waals surface area contributed by atoms with Crippen molar-refractivity contribution in [3.05, 3.63) is 34.9 Å². The Balaban J connectivity index is 2.54. The van der Waals surface area contributed by atoms with E-state index in [1.54, 1.807) is 12.1 Å². The Kier molecular flexibility index (Phi) is 4.69. The lowest BCUT2D eigenvalue weighted by molar-refractivity contribution is -0.143. The van der Waals surface area contributed by atoms with E-state index in [4.69, 9.17) is 16.3 Å². The van der Waals surface area contributed by atoms with Gasteiger partial charge >= 0.3 is 5.97 Å². The van der Waals surface area contributed by atoms with Gasteiger partial charge < -0.3 is 9.84 Å². The van der Waals surface area contributed by atoms with Crippen LogP contribution in [0.15, 0.2) is 29.3 Å². The largest absolute Gasteiger partial charge is 0.480 e. The van der Waals surface area contributed by atoms with Crippen molar-refractivity contribution < 1.29 is 14.6 Å². The van der Waals surface area contributed by atoms with Gasteiger partial charge in [0.2, 0.25) is 0 Å². The van der Waals surface area contributed by atoms with Crippen molar-refractivity contribution in [1.29, 1.82) is 0 Å². The molecule has 114 valence electrons. The Morgan fingerprint density at radius 1 is 1.38 bits per heavy atom. The number of halogens is 1. The molecule has 0 radical (unpaired) electrons. The van der Waals surface area contributed by atoms with E-state index in [2.05, 4.69) is 11.7 Å². The molecule has 1 N–H and O–H groups in total. The Hall–Kier alpha value is -1.39. The first-order chi connectivity index (χ1) is 9.89. The van der Waals surface area contributed by atoms with Gasteiger partial charge in [-0.05, 0) is 51.1 Å². The molecule has 0 spiro atoms. The predicted molar refractivity (Wildman–Crippen MR) is 83.3 cm³/mol. The molecule has 4 atom stereocenters. The smallest absolute Gasteiger partial charge is 0.329 e. The summed E-state index contributed by atoms with van der Waals surface area (Å²) in [5, 5.41) is 10.2. The second-order valence-electron chi connectivity index (χ2n) is 5.75. The molecule has 1 aliphatic rings. The Labute approximate surface area is 129 Å². The van der Waals surface area contributed by atoms with Crippen molar-refractivity contribution >= 4 is 24.3 Å². The third kappa shape index (κ3) is 3.11. The van der Waals surface area contributed by atoms with Gasteiger partial charge in [-0.25, -0.2) is 4.79 Å². The van der Waals surface area contributed by atoms with Gasteiger partial charge in [-0.2, -0.15) is 0 Å². The molecule has 2 unspecified atom stereocenters.